The maximum Gasteiger partial charge on any atom is 0.411 e. The van der Waals surface area contributed by atoms with Gasteiger partial charge in [-0.15, -0.1) is 0 Å². The number of nitrogens with zero attached hydrogens (tertiary/aromatic N) is 4. The molecule has 0 aliphatic carbocycles. The standard InChI is InChI=1S/C68H42F6N4/c69-67(70,71)66(68(72,73)74,47-29-27-43(28-30-47)46-39-58(44-15-3-1-4-16-44)75-59(40-46)45-17-5-2-6-18-45)48-31-33-49(34-32-48)76-64-37-35-50(77-60-23-11-7-19-52(60)53-20-8-12-24-61(53)77)41-56(64)57-42-51(36-38-65(57)76)78-62-25-13-9-21-54(62)55-22-10-14-26-63(55)78/h1-42H. The van der Waals surface area contributed by atoms with Gasteiger partial charge in [-0.25, -0.2) is 4.98 Å². The van der Waals surface area contributed by atoms with Crippen LogP contribution in [0.25, 0.3) is 116 Å². The number of benzene rings is 10. The summed E-state index contributed by atoms with van der Waals surface area (Å²) in [5, 5.41) is 6.07. The van der Waals surface area contributed by atoms with Crippen molar-refractivity contribution < 1.29 is 26.3 Å². The van der Waals surface area contributed by atoms with Crippen LogP contribution in [0.5, 0.6) is 0 Å². The van der Waals surface area contributed by atoms with E-state index in [0.717, 1.165) is 112 Å². The van der Waals surface area contributed by atoms with E-state index in [0.29, 0.717) is 28.2 Å². The van der Waals surface area contributed by atoms with Crippen LogP contribution < -0.4 is 0 Å². The van der Waals surface area contributed by atoms with E-state index in [1.807, 2.05) is 138 Å². The van der Waals surface area contributed by atoms with Gasteiger partial charge in [-0.1, -0.05) is 170 Å². The van der Waals surface area contributed by atoms with E-state index in [9.17, 15) is 0 Å². The van der Waals surface area contributed by atoms with E-state index in [1.54, 1.807) is 12.1 Å². The second-order valence-corrected chi connectivity index (χ2v) is 19.7. The molecule has 376 valence electrons. The molecule has 14 aromatic rings. The van der Waals surface area contributed by atoms with Crippen molar-refractivity contribution in [2.75, 3.05) is 0 Å². The van der Waals surface area contributed by atoms with Crippen LogP contribution in [0.2, 0.25) is 0 Å². The molecule has 4 nitrogen and oxygen atoms in total. The van der Waals surface area contributed by atoms with Crippen LogP contribution in [0.1, 0.15) is 11.1 Å². The summed E-state index contributed by atoms with van der Waals surface area (Å²) in [5.41, 5.74) is 5.21. The highest BCUT2D eigenvalue weighted by molar-refractivity contribution is 6.14. The maximum atomic E-state index is 15.9. The van der Waals surface area contributed by atoms with Gasteiger partial charge in [-0.2, -0.15) is 26.3 Å². The Balaban J connectivity index is 0.927. The average Bonchev–Trinajstić information content (AvgIpc) is 4.26. The molecule has 0 aliphatic heterocycles. The monoisotopic (exact) mass is 1030 g/mol. The van der Waals surface area contributed by atoms with E-state index in [-0.39, 0.29) is 0 Å². The van der Waals surface area contributed by atoms with E-state index in [4.69, 9.17) is 4.98 Å². The number of para-hydroxylation sites is 4. The Bertz CT molecular complexity index is 4280. The number of fused-ring (bicyclic) bond motifs is 9. The zero-order valence-corrected chi connectivity index (χ0v) is 41.3. The molecule has 0 N–H and O–H groups in total. The highest BCUT2D eigenvalue weighted by atomic mass is 19.4. The molecular weight excluding hydrogens is 987 g/mol. The van der Waals surface area contributed by atoms with Crippen LogP contribution in [-0.4, -0.2) is 31.0 Å². The number of hydrogen-bond donors (Lipinski definition) is 0. The number of hydrogen-bond acceptors (Lipinski definition) is 1. The van der Waals surface area contributed by atoms with Crippen molar-refractivity contribution in [1.82, 2.24) is 18.7 Å². The summed E-state index contributed by atoms with van der Waals surface area (Å²) in [6.45, 7) is 0. The molecule has 10 aromatic carbocycles. The molecule has 0 radical (unpaired) electrons. The molecule has 0 bridgehead atoms. The Morgan fingerprint density at radius 1 is 0.256 bits per heavy atom. The Morgan fingerprint density at radius 3 is 0.962 bits per heavy atom. The van der Waals surface area contributed by atoms with Gasteiger partial charge < -0.3 is 13.7 Å². The second-order valence-electron chi connectivity index (χ2n) is 19.7. The third-order valence-corrected chi connectivity index (χ3v) is 15.4. The normalized spacial score (nSPS) is 12.5. The lowest BCUT2D eigenvalue weighted by molar-refractivity contribution is -0.288. The lowest BCUT2D eigenvalue weighted by Crippen LogP contribution is -2.54. The molecule has 78 heavy (non-hydrogen) atoms. The molecular formula is C68H42F6N4. The van der Waals surface area contributed by atoms with Crippen LogP contribution in [0.4, 0.5) is 26.3 Å². The highest BCUT2D eigenvalue weighted by Crippen LogP contribution is 2.56. The molecule has 0 unspecified atom stereocenters. The van der Waals surface area contributed by atoms with Gasteiger partial charge in [-0.3, -0.25) is 0 Å². The van der Waals surface area contributed by atoms with Gasteiger partial charge in [0.15, 0.2) is 0 Å². The van der Waals surface area contributed by atoms with Gasteiger partial charge in [0.25, 0.3) is 0 Å². The molecule has 0 atom stereocenters. The lowest BCUT2D eigenvalue weighted by atomic mass is 9.72. The fourth-order valence-electron chi connectivity index (χ4n) is 11.9. The van der Waals surface area contributed by atoms with Gasteiger partial charge in [0.1, 0.15) is 0 Å². The third kappa shape index (κ3) is 7.20. The molecule has 0 amide bonds. The van der Waals surface area contributed by atoms with Crippen LogP contribution in [0.15, 0.2) is 255 Å². The van der Waals surface area contributed by atoms with Crippen molar-refractivity contribution in [2.45, 2.75) is 17.8 Å². The van der Waals surface area contributed by atoms with Crippen molar-refractivity contribution in [2.24, 2.45) is 0 Å². The third-order valence-electron chi connectivity index (χ3n) is 15.4. The first-order valence-electron chi connectivity index (χ1n) is 25.5. The Kier molecular flexibility index (Phi) is 10.6. The second kappa shape index (κ2) is 17.7. The SMILES string of the molecule is FC(F)(F)C(c1ccc(-c2cc(-c3ccccc3)nc(-c3ccccc3)c2)cc1)(c1ccc(-n2c3ccc(-n4c5ccccc5c5ccccc54)cc3c3cc(-n4c5ccccc5c5ccccc54)ccc32)cc1)C(F)(F)F. The number of halogens is 6. The largest absolute Gasteiger partial charge is 0.411 e. The summed E-state index contributed by atoms with van der Waals surface area (Å²) < 4.78 is 102. The first kappa shape index (κ1) is 46.8. The first-order chi connectivity index (χ1) is 38.0. The van der Waals surface area contributed by atoms with Crippen LogP contribution >= 0.6 is 0 Å². The fourth-order valence-corrected chi connectivity index (χ4v) is 11.9. The molecule has 0 aliphatic rings. The summed E-state index contributed by atoms with van der Waals surface area (Å²) in [7, 11) is 0. The van der Waals surface area contributed by atoms with E-state index >= 15 is 26.3 Å². The molecule has 0 spiro atoms. The Hall–Kier alpha value is -9.67. The van der Waals surface area contributed by atoms with Crippen molar-refractivity contribution in [3.05, 3.63) is 266 Å². The smallest absolute Gasteiger partial charge is 0.309 e. The van der Waals surface area contributed by atoms with Crippen LogP contribution in [-0.2, 0) is 5.41 Å². The summed E-state index contributed by atoms with van der Waals surface area (Å²) in [4.78, 5) is 4.89. The minimum Gasteiger partial charge on any atom is -0.309 e. The predicted molar refractivity (Wildman–Crippen MR) is 303 cm³/mol. The molecule has 0 saturated carbocycles. The maximum absolute atomic E-state index is 15.9. The van der Waals surface area contributed by atoms with Gasteiger partial charge in [0.2, 0.25) is 5.41 Å². The molecule has 0 saturated heterocycles. The van der Waals surface area contributed by atoms with E-state index in [1.165, 1.54) is 24.3 Å². The summed E-state index contributed by atoms with van der Waals surface area (Å²) in [5.74, 6) is 0. The molecule has 4 aromatic heterocycles. The molecule has 0 fully saturated rings. The van der Waals surface area contributed by atoms with Gasteiger partial charge in [0.05, 0.1) is 44.5 Å². The quantitative estimate of drug-likeness (QED) is 0.139. The van der Waals surface area contributed by atoms with Crippen LogP contribution in [0, 0.1) is 0 Å². The minimum absolute atomic E-state index is 0.391. The zero-order valence-electron chi connectivity index (χ0n) is 41.3. The van der Waals surface area contributed by atoms with Gasteiger partial charge in [-0.05, 0) is 107 Å². The van der Waals surface area contributed by atoms with Gasteiger partial charge >= 0.3 is 12.4 Å². The van der Waals surface area contributed by atoms with Crippen molar-refractivity contribution in [3.63, 3.8) is 0 Å². The summed E-state index contributed by atoms with van der Waals surface area (Å²) in [6, 6.07) is 76.8. The number of pyridine rings is 1. The molecule has 4 heterocycles. The van der Waals surface area contributed by atoms with Gasteiger partial charge in [0, 0.05) is 60.5 Å². The minimum atomic E-state index is -5.80. The average molecular weight is 1030 g/mol. The molecule has 14 rings (SSSR count). The topological polar surface area (TPSA) is 27.7 Å². The zero-order chi connectivity index (χ0) is 52.9. The van der Waals surface area contributed by atoms with Crippen molar-refractivity contribution in [3.8, 4) is 50.7 Å². The number of rotatable bonds is 8. The van der Waals surface area contributed by atoms with E-state index in [2.05, 4.69) is 69.8 Å². The lowest BCUT2D eigenvalue weighted by Gasteiger charge is -2.38. The van der Waals surface area contributed by atoms with Crippen LogP contribution in [0.3, 0.4) is 0 Å². The fraction of sp³-hybridized carbons (Fsp3) is 0.0441. The summed E-state index contributed by atoms with van der Waals surface area (Å²) in [6.07, 6.45) is -11.6. The predicted octanol–water partition coefficient (Wildman–Crippen LogP) is 18.8. The summed E-state index contributed by atoms with van der Waals surface area (Å²) >= 11 is 0. The van der Waals surface area contributed by atoms with Crippen molar-refractivity contribution in [1.29, 1.82) is 0 Å². The van der Waals surface area contributed by atoms with E-state index < -0.39 is 28.9 Å². The Morgan fingerprint density at radius 2 is 0.577 bits per heavy atom. The highest BCUT2D eigenvalue weighted by Gasteiger charge is 2.72. The number of aromatic nitrogens is 4. The molecule has 10 heteroatoms. The Labute approximate surface area is 442 Å². The number of alkyl halides is 6. The van der Waals surface area contributed by atoms with Crippen molar-refractivity contribution >= 4 is 65.4 Å². The first-order valence-corrected chi connectivity index (χ1v) is 25.5.